The van der Waals surface area contributed by atoms with Crippen LogP contribution in [0.2, 0.25) is 0 Å². The van der Waals surface area contributed by atoms with Crippen molar-refractivity contribution >= 4 is 45.9 Å². The van der Waals surface area contributed by atoms with Gasteiger partial charge in [-0.1, -0.05) is 0 Å². The fraction of sp³-hybridized carbons (Fsp3) is 0.125. The van der Waals surface area contributed by atoms with E-state index >= 15 is 0 Å². The zero-order valence-electron chi connectivity index (χ0n) is 7.22. The highest BCUT2D eigenvalue weighted by Gasteiger charge is 2.10. The zero-order valence-corrected chi connectivity index (χ0v) is 8.85. The lowest BCUT2D eigenvalue weighted by Gasteiger charge is -1.96. The summed E-state index contributed by atoms with van der Waals surface area (Å²) in [6.45, 7) is 0. The molecule has 0 aliphatic heterocycles. The first-order valence-electron chi connectivity index (χ1n) is 3.74. The molecule has 0 amide bonds. The summed E-state index contributed by atoms with van der Waals surface area (Å²) in [5.41, 5.74) is 1.97. The lowest BCUT2D eigenvalue weighted by molar-refractivity contribution is 0.315. The summed E-state index contributed by atoms with van der Waals surface area (Å²) in [5.74, 6) is 0. The molecule has 1 heterocycles. The molecule has 2 aromatic rings. The molecule has 0 bridgehead atoms. The van der Waals surface area contributed by atoms with Gasteiger partial charge >= 0.3 is 0 Å². The average Bonchev–Trinajstić information content (AvgIpc) is 2.67. The molecule has 0 N–H and O–H groups in total. The van der Waals surface area contributed by atoms with Gasteiger partial charge in [0.15, 0.2) is 11.0 Å². The van der Waals surface area contributed by atoms with Gasteiger partial charge in [-0.05, 0) is 40.9 Å². The van der Waals surface area contributed by atoms with Crippen molar-refractivity contribution in [3.63, 3.8) is 0 Å². The third kappa shape index (κ3) is 1.43. The summed E-state index contributed by atoms with van der Waals surface area (Å²) in [5, 5.41) is 9.87. The Kier molecular flexibility index (Phi) is 2.58. The summed E-state index contributed by atoms with van der Waals surface area (Å²) in [6.07, 6.45) is 1.96. The number of thiocarbonyl (C=S) groups is 1. The predicted molar refractivity (Wildman–Crippen MR) is 58.3 cm³/mol. The molecule has 0 unspecified atom stereocenters. The van der Waals surface area contributed by atoms with Crippen LogP contribution >= 0.6 is 24.0 Å². The van der Waals surface area contributed by atoms with Crippen LogP contribution in [0, 0.1) is 0 Å². The van der Waals surface area contributed by atoms with Crippen molar-refractivity contribution in [3.8, 4) is 0 Å². The molecular formula is C8H5N3OS2. The first kappa shape index (κ1) is 9.33. The maximum atomic E-state index is 4.66. The summed E-state index contributed by atoms with van der Waals surface area (Å²) in [4.78, 5) is 4.88. The Bertz CT molecular complexity index is 516. The van der Waals surface area contributed by atoms with Crippen molar-refractivity contribution in [1.82, 2.24) is 10.3 Å². The van der Waals surface area contributed by atoms with E-state index in [1.54, 1.807) is 11.8 Å². The molecule has 0 fully saturated rings. The standard InChI is InChI=1S/C8H5N3OS2/c1-14-6-3-2-5(9-4-13)7-8(6)11-12-10-7/h2-3H,1H3. The SMILES string of the molecule is CSc1ccc(N=C=S)c2nonc12. The number of isothiocyanates is 1. The van der Waals surface area contributed by atoms with Crippen molar-refractivity contribution in [1.29, 1.82) is 0 Å². The highest BCUT2D eigenvalue weighted by molar-refractivity contribution is 7.98. The van der Waals surface area contributed by atoms with Crippen molar-refractivity contribution in [2.45, 2.75) is 4.90 Å². The summed E-state index contributed by atoms with van der Waals surface area (Å²) in [6, 6.07) is 3.72. The Labute approximate surface area is 89.4 Å². The van der Waals surface area contributed by atoms with Gasteiger partial charge in [0.05, 0.1) is 5.16 Å². The van der Waals surface area contributed by atoms with Crippen molar-refractivity contribution < 1.29 is 4.63 Å². The van der Waals surface area contributed by atoms with Crippen LogP contribution in [0.25, 0.3) is 11.0 Å². The minimum Gasteiger partial charge on any atom is -0.243 e. The number of rotatable bonds is 2. The number of aromatic nitrogens is 2. The predicted octanol–water partition coefficient (Wildman–Crippen LogP) is 2.68. The van der Waals surface area contributed by atoms with Gasteiger partial charge in [-0.15, -0.1) is 11.8 Å². The molecule has 14 heavy (non-hydrogen) atoms. The normalized spacial score (nSPS) is 10.1. The lowest BCUT2D eigenvalue weighted by Crippen LogP contribution is -1.76. The average molecular weight is 223 g/mol. The molecule has 0 aliphatic rings. The molecular weight excluding hydrogens is 218 g/mol. The zero-order chi connectivity index (χ0) is 9.97. The Morgan fingerprint density at radius 3 is 2.93 bits per heavy atom. The van der Waals surface area contributed by atoms with Crippen LogP contribution in [0.3, 0.4) is 0 Å². The quantitative estimate of drug-likeness (QED) is 0.445. The van der Waals surface area contributed by atoms with Crippen LogP contribution in [0.4, 0.5) is 5.69 Å². The fourth-order valence-corrected chi connectivity index (χ4v) is 1.76. The Morgan fingerprint density at radius 2 is 2.21 bits per heavy atom. The molecule has 2 rings (SSSR count). The van der Waals surface area contributed by atoms with E-state index in [-0.39, 0.29) is 0 Å². The largest absolute Gasteiger partial charge is 0.243 e. The molecule has 4 nitrogen and oxygen atoms in total. The summed E-state index contributed by atoms with van der Waals surface area (Å²) in [7, 11) is 0. The second-order valence-corrected chi connectivity index (χ2v) is 3.48. The van der Waals surface area contributed by atoms with Crippen LogP contribution in [0.5, 0.6) is 0 Å². The summed E-state index contributed by atoms with van der Waals surface area (Å²) < 4.78 is 4.66. The van der Waals surface area contributed by atoms with E-state index in [4.69, 9.17) is 0 Å². The van der Waals surface area contributed by atoms with Gasteiger partial charge in [-0.25, -0.2) is 4.63 Å². The second-order valence-electron chi connectivity index (χ2n) is 2.45. The molecule has 0 saturated carbocycles. The van der Waals surface area contributed by atoms with Crippen LogP contribution in [-0.4, -0.2) is 21.7 Å². The van der Waals surface area contributed by atoms with Crippen LogP contribution in [-0.2, 0) is 0 Å². The molecule has 1 aromatic carbocycles. The molecule has 0 saturated heterocycles. The number of benzene rings is 1. The highest BCUT2D eigenvalue weighted by atomic mass is 32.2. The maximum absolute atomic E-state index is 4.66. The maximum Gasteiger partial charge on any atom is 0.162 e. The minimum absolute atomic E-state index is 0.620. The highest BCUT2D eigenvalue weighted by Crippen LogP contribution is 2.30. The Balaban J connectivity index is 2.77. The first-order chi connectivity index (χ1) is 6.86. The number of hydrogen-bond donors (Lipinski definition) is 0. The number of hydrogen-bond acceptors (Lipinski definition) is 6. The molecule has 1 aromatic heterocycles. The molecule has 0 spiro atoms. The number of fused-ring (bicyclic) bond motifs is 1. The molecule has 6 heteroatoms. The van der Waals surface area contributed by atoms with Gasteiger partial charge in [0.2, 0.25) is 0 Å². The lowest BCUT2D eigenvalue weighted by atomic mass is 10.3. The Hall–Kier alpha value is -1.23. The first-order valence-corrected chi connectivity index (χ1v) is 5.37. The molecule has 70 valence electrons. The minimum atomic E-state index is 0.620. The molecule has 0 radical (unpaired) electrons. The van der Waals surface area contributed by atoms with Crippen molar-refractivity contribution in [2.75, 3.05) is 6.26 Å². The van der Waals surface area contributed by atoms with E-state index in [1.165, 1.54) is 0 Å². The van der Waals surface area contributed by atoms with Gasteiger partial charge < -0.3 is 0 Å². The van der Waals surface area contributed by atoms with Crippen LogP contribution in [0.1, 0.15) is 0 Å². The number of aliphatic imine (C=N–C) groups is 1. The molecule has 0 atom stereocenters. The third-order valence-electron chi connectivity index (χ3n) is 1.74. The van der Waals surface area contributed by atoms with Crippen LogP contribution in [0.15, 0.2) is 26.6 Å². The topological polar surface area (TPSA) is 51.3 Å². The van der Waals surface area contributed by atoms with Crippen molar-refractivity contribution in [3.05, 3.63) is 12.1 Å². The smallest absolute Gasteiger partial charge is 0.162 e. The van der Waals surface area contributed by atoms with Gasteiger partial charge in [-0.3, -0.25) is 0 Å². The third-order valence-corrected chi connectivity index (χ3v) is 2.60. The van der Waals surface area contributed by atoms with Gasteiger partial charge in [0.25, 0.3) is 0 Å². The number of thioether (sulfide) groups is 1. The monoisotopic (exact) mass is 223 g/mol. The fourth-order valence-electron chi connectivity index (χ4n) is 1.13. The van der Waals surface area contributed by atoms with Crippen LogP contribution < -0.4 is 0 Å². The van der Waals surface area contributed by atoms with E-state index in [9.17, 15) is 0 Å². The van der Waals surface area contributed by atoms with Gasteiger partial charge in [-0.2, -0.15) is 4.99 Å². The molecule has 0 aliphatic carbocycles. The summed E-state index contributed by atoms with van der Waals surface area (Å²) >= 11 is 6.11. The van der Waals surface area contributed by atoms with Gasteiger partial charge in [0, 0.05) is 4.90 Å². The second kappa shape index (κ2) is 3.88. The van der Waals surface area contributed by atoms with Crippen molar-refractivity contribution in [2.24, 2.45) is 4.99 Å². The van der Waals surface area contributed by atoms with Gasteiger partial charge in [0.1, 0.15) is 5.69 Å². The Morgan fingerprint density at radius 1 is 1.43 bits per heavy atom. The van der Waals surface area contributed by atoms with E-state index in [0.29, 0.717) is 16.7 Å². The van der Waals surface area contributed by atoms with E-state index < -0.39 is 0 Å². The number of nitrogens with zero attached hydrogens (tertiary/aromatic N) is 3. The van der Waals surface area contributed by atoms with E-state index in [1.807, 2.05) is 18.4 Å². The van der Waals surface area contributed by atoms with E-state index in [2.05, 4.69) is 37.3 Å². The van der Waals surface area contributed by atoms with E-state index in [0.717, 1.165) is 4.90 Å².